The lowest BCUT2D eigenvalue weighted by Gasteiger charge is -2.22. The standard InChI is InChI=1S/C16H20ClNO2/c1-16(2,19-3)8-9-20-15-10-12(11-17)18-14-7-5-4-6-13(14)15/h4-7,10H,8-9,11H2,1-3H3. The van der Waals surface area contributed by atoms with Crippen molar-refractivity contribution in [1.29, 1.82) is 0 Å². The highest BCUT2D eigenvalue weighted by Crippen LogP contribution is 2.26. The zero-order valence-electron chi connectivity index (χ0n) is 12.1. The van der Waals surface area contributed by atoms with Crippen molar-refractivity contribution >= 4 is 22.5 Å². The second kappa shape index (κ2) is 6.42. The van der Waals surface area contributed by atoms with Gasteiger partial charge in [0, 0.05) is 25.0 Å². The summed E-state index contributed by atoms with van der Waals surface area (Å²) in [4.78, 5) is 4.49. The molecule has 0 bridgehead atoms. The van der Waals surface area contributed by atoms with Crippen LogP contribution >= 0.6 is 11.6 Å². The van der Waals surface area contributed by atoms with Gasteiger partial charge in [-0.1, -0.05) is 12.1 Å². The fourth-order valence-corrected chi connectivity index (χ4v) is 2.03. The molecule has 0 radical (unpaired) electrons. The normalized spacial score (nSPS) is 11.8. The van der Waals surface area contributed by atoms with Gasteiger partial charge in [-0.25, -0.2) is 0 Å². The van der Waals surface area contributed by atoms with Gasteiger partial charge in [0.25, 0.3) is 0 Å². The summed E-state index contributed by atoms with van der Waals surface area (Å²) in [6.45, 7) is 4.69. The molecule has 0 saturated carbocycles. The van der Waals surface area contributed by atoms with Crippen molar-refractivity contribution in [2.45, 2.75) is 31.7 Å². The highest BCUT2D eigenvalue weighted by Gasteiger charge is 2.16. The summed E-state index contributed by atoms with van der Waals surface area (Å²) in [7, 11) is 1.72. The Labute approximate surface area is 124 Å². The van der Waals surface area contributed by atoms with Crippen molar-refractivity contribution in [3.8, 4) is 5.75 Å². The van der Waals surface area contributed by atoms with Crippen LogP contribution in [0.4, 0.5) is 0 Å². The Balaban J connectivity index is 2.20. The Hall–Kier alpha value is -1.32. The van der Waals surface area contributed by atoms with E-state index in [0.717, 1.165) is 28.8 Å². The van der Waals surface area contributed by atoms with Crippen LogP contribution in [0.2, 0.25) is 0 Å². The summed E-state index contributed by atoms with van der Waals surface area (Å²) in [6, 6.07) is 9.84. The summed E-state index contributed by atoms with van der Waals surface area (Å²) < 4.78 is 11.3. The number of fused-ring (bicyclic) bond motifs is 1. The van der Waals surface area contributed by atoms with Crippen LogP contribution in [0.1, 0.15) is 26.0 Å². The number of alkyl halides is 1. The third kappa shape index (κ3) is 3.62. The minimum Gasteiger partial charge on any atom is -0.493 e. The molecule has 0 spiro atoms. The van der Waals surface area contributed by atoms with Crippen molar-refractivity contribution in [3.63, 3.8) is 0 Å². The van der Waals surface area contributed by atoms with Crippen LogP contribution in [0.5, 0.6) is 5.75 Å². The van der Waals surface area contributed by atoms with Gasteiger partial charge < -0.3 is 9.47 Å². The summed E-state index contributed by atoms with van der Waals surface area (Å²) in [6.07, 6.45) is 0.816. The number of hydrogen-bond donors (Lipinski definition) is 0. The van der Waals surface area contributed by atoms with Gasteiger partial charge in [0.15, 0.2) is 0 Å². The van der Waals surface area contributed by atoms with Gasteiger partial charge in [0.2, 0.25) is 0 Å². The zero-order valence-corrected chi connectivity index (χ0v) is 12.9. The molecule has 0 amide bonds. The number of benzene rings is 1. The lowest BCUT2D eigenvalue weighted by atomic mass is 10.1. The predicted molar refractivity (Wildman–Crippen MR) is 82.5 cm³/mol. The van der Waals surface area contributed by atoms with E-state index in [1.165, 1.54) is 0 Å². The van der Waals surface area contributed by atoms with Crippen LogP contribution in [-0.2, 0) is 10.6 Å². The van der Waals surface area contributed by atoms with E-state index >= 15 is 0 Å². The molecular formula is C16H20ClNO2. The van der Waals surface area contributed by atoms with E-state index in [4.69, 9.17) is 21.1 Å². The molecule has 108 valence electrons. The SMILES string of the molecule is COC(C)(C)CCOc1cc(CCl)nc2ccccc12. The Bertz CT molecular complexity index is 584. The molecule has 1 heterocycles. The van der Waals surface area contributed by atoms with Crippen LogP contribution in [0.3, 0.4) is 0 Å². The molecule has 2 aromatic rings. The van der Waals surface area contributed by atoms with Crippen LogP contribution < -0.4 is 4.74 Å². The fourth-order valence-electron chi connectivity index (χ4n) is 1.89. The third-order valence-corrected chi connectivity index (χ3v) is 3.66. The van der Waals surface area contributed by atoms with E-state index in [0.29, 0.717) is 12.5 Å². The van der Waals surface area contributed by atoms with Gasteiger partial charge in [-0.3, -0.25) is 4.98 Å². The highest BCUT2D eigenvalue weighted by atomic mass is 35.5. The molecule has 0 N–H and O–H groups in total. The molecule has 1 aromatic heterocycles. The number of aromatic nitrogens is 1. The Morgan fingerprint density at radius 2 is 2.00 bits per heavy atom. The number of rotatable bonds is 6. The largest absolute Gasteiger partial charge is 0.493 e. The number of hydrogen-bond acceptors (Lipinski definition) is 3. The zero-order chi connectivity index (χ0) is 14.6. The third-order valence-electron chi connectivity index (χ3n) is 3.38. The topological polar surface area (TPSA) is 31.4 Å². The van der Waals surface area contributed by atoms with Crippen molar-refractivity contribution in [3.05, 3.63) is 36.0 Å². The van der Waals surface area contributed by atoms with Crippen molar-refractivity contribution in [2.75, 3.05) is 13.7 Å². The number of nitrogens with zero attached hydrogens (tertiary/aromatic N) is 1. The summed E-state index contributed by atoms with van der Waals surface area (Å²) in [5, 5.41) is 1.01. The molecule has 2 rings (SSSR count). The van der Waals surface area contributed by atoms with E-state index < -0.39 is 0 Å². The molecular weight excluding hydrogens is 274 g/mol. The maximum atomic E-state index is 5.92. The van der Waals surface area contributed by atoms with Gasteiger partial charge in [0.1, 0.15) is 5.75 Å². The number of pyridine rings is 1. The smallest absolute Gasteiger partial charge is 0.130 e. The number of ether oxygens (including phenoxy) is 2. The van der Waals surface area contributed by atoms with Gasteiger partial charge in [-0.05, 0) is 26.0 Å². The number of methoxy groups -OCH3 is 1. The van der Waals surface area contributed by atoms with E-state index in [1.54, 1.807) is 7.11 Å². The molecule has 4 heteroatoms. The van der Waals surface area contributed by atoms with Crippen molar-refractivity contribution in [1.82, 2.24) is 4.98 Å². The molecule has 0 saturated heterocycles. The Morgan fingerprint density at radius 3 is 2.70 bits per heavy atom. The first-order chi connectivity index (χ1) is 9.55. The molecule has 3 nitrogen and oxygen atoms in total. The average molecular weight is 294 g/mol. The number of para-hydroxylation sites is 1. The first kappa shape index (κ1) is 15.1. The minimum atomic E-state index is -0.182. The Kier molecular flexibility index (Phi) is 4.84. The molecule has 0 aliphatic rings. The molecule has 0 unspecified atom stereocenters. The van der Waals surface area contributed by atoms with E-state index in [1.807, 2.05) is 44.2 Å². The molecule has 0 atom stereocenters. The first-order valence-electron chi connectivity index (χ1n) is 6.68. The van der Waals surface area contributed by atoms with Crippen molar-refractivity contribution < 1.29 is 9.47 Å². The fraction of sp³-hybridized carbons (Fsp3) is 0.438. The second-order valence-electron chi connectivity index (χ2n) is 5.32. The molecule has 0 aliphatic heterocycles. The molecule has 20 heavy (non-hydrogen) atoms. The molecule has 0 aliphatic carbocycles. The van der Waals surface area contributed by atoms with Gasteiger partial charge in [-0.2, -0.15) is 0 Å². The van der Waals surface area contributed by atoms with Gasteiger partial charge in [0.05, 0.1) is 29.3 Å². The van der Waals surface area contributed by atoms with Gasteiger partial charge in [-0.15, -0.1) is 11.6 Å². The predicted octanol–water partition coefficient (Wildman–Crippen LogP) is 4.17. The summed E-state index contributed by atoms with van der Waals surface area (Å²) in [5.74, 6) is 1.21. The van der Waals surface area contributed by atoms with Crippen LogP contribution in [0.25, 0.3) is 10.9 Å². The molecule has 1 aromatic carbocycles. The van der Waals surface area contributed by atoms with Crippen LogP contribution in [-0.4, -0.2) is 24.3 Å². The lowest BCUT2D eigenvalue weighted by molar-refractivity contribution is 0.00557. The van der Waals surface area contributed by atoms with E-state index in [2.05, 4.69) is 4.98 Å². The van der Waals surface area contributed by atoms with E-state index in [-0.39, 0.29) is 5.60 Å². The summed E-state index contributed by atoms with van der Waals surface area (Å²) >= 11 is 5.89. The second-order valence-corrected chi connectivity index (χ2v) is 5.59. The van der Waals surface area contributed by atoms with Gasteiger partial charge >= 0.3 is 0 Å². The highest BCUT2D eigenvalue weighted by molar-refractivity contribution is 6.17. The first-order valence-corrected chi connectivity index (χ1v) is 7.22. The number of halogens is 1. The quantitative estimate of drug-likeness (QED) is 0.749. The summed E-state index contributed by atoms with van der Waals surface area (Å²) in [5.41, 5.74) is 1.55. The molecule has 0 fully saturated rings. The monoisotopic (exact) mass is 293 g/mol. The van der Waals surface area contributed by atoms with Crippen LogP contribution in [0.15, 0.2) is 30.3 Å². The maximum Gasteiger partial charge on any atom is 0.130 e. The van der Waals surface area contributed by atoms with Crippen LogP contribution in [0, 0.1) is 0 Å². The lowest BCUT2D eigenvalue weighted by Crippen LogP contribution is -2.25. The average Bonchev–Trinajstić information content (AvgIpc) is 2.46. The Morgan fingerprint density at radius 1 is 1.25 bits per heavy atom. The minimum absolute atomic E-state index is 0.182. The van der Waals surface area contributed by atoms with E-state index in [9.17, 15) is 0 Å². The maximum absolute atomic E-state index is 5.92. The van der Waals surface area contributed by atoms with Crippen molar-refractivity contribution in [2.24, 2.45) is 0 Å².